The summed E-state index contributed by atoms with van der Waals surface area (Å²) >= 11 is 0. The molecule has 0 aromatic heterocycles. The molecule has 4 N–H and O–H groups in total. The molecular weight excluding hydrogens is 470 g/mol. The average molecular weight is 493 g/mol. The van der Waals surface area contributed by atoms with Gasteiger partial charge in [0.15, 0.2) is 0 Å². The number of benzene rings is 2. The molecule has 0 saturated carbocycles. The molecule has 2 rings (SSSR count). The van der Waals surface area contributed by atoms with Crippen LogP contribution < -0.4 is 25.5 Å². The Balaban J connectivity index is 2.64. The highest BCUT2D eigenvalue weighted by Crippen LogP contribution is 2.32. The number of urea groups is 1. The Hall–Kier alpha value is -4.33. The molecule has 14 heteroatoms. The molecule has 0 radical (unpaired) electrons. The van der Waals surface area contributed by atoms with Crippen LogP contribution in [0.2, 0.25) is 0 Å². The fourth-order valence-electron chi connectivity index (χ4n) is 2.58. The highest BCUT2D eigenvalue weighted by molar-refractivity contribution is 7.87. The summed E-state index contributed by atoms with van der Waals surface area (Å²) < 4.78 is 39.7. The van der Waals surface area contributed by atoms with E-state index in [9.17, 15) is 22.8 Å². The summed E-state index contributed by atoms with van der Waals surface area (Å²) in [5.74, 6) is -0.400. The standard InChI is InChI=1S/C20H23N5O8S/c1-4-25(17(21)26)16-11-10-14(34(29,30)33-13-8-6-5-7-9-13)12-15(16)22-18(23-19(27)31-2)24-20(28)32-3/h5-12H,4H2,1-3H3,(H2,21,26)(H2,22,23,24,27,28). The van der Waals surface area contributed by atoms with Crippen molar-refractivity contribution in [2.75, 3.05) is 25.7 Å². The quantitative estimate of drug-likeness (QED) is 0.311. The number of hydrogen-bond donors (Lipinski definition) is 3. The third-order valence-corrected chi connectivity index (χ3v) is 5.34. The average Bonchev–Trinajstić information content (AvgIpc) is 2.80. The summed E-state index contributed by atoms with van der Waals surface area (Å²) in [5, 5.41) is 4.31. The predicted molar refractivity (Wildman–Crippen MR) is 121 cm³/mol. The molecule has 0 aliphatic carbocycles. The largest absolute Gasteiger partial charge is 0.453 e. The Kier molecular flexibility index (Phi) is 8.78. The van der Waals surface area contributed by atoms with Crippen LogP contribution in [0.1, 0.15) is 6.92 Å². The molecule has 4 amide bonds. The van der Waals surface area contributed by atoms with Crippen molar-refractivity contribution in [1.82, 2.24) is 10.6 Å². The Morgan fingerprint density at radius 3 is 2.09 bits per heavy atom. The van der Waals surface area contributed by atoms with Crippen LogP contribution in [0.3, 0.4) is 0 Å². The molecule has 0 saturated heterocycles. The van der Waals surface area contributed by atoms with Crippen LogP contribution in [0.25, 0.3) is 0 Å². The summed E-state index contributed by atoms with van der Waals surface area (Å²) in [6.45, 7) is 1.73. The van der Waals surface area contributed by atoms with Gasteiger partial charge < -0.3 is 19.4 Å². The van der Waals surface area contributed by atoms with Gasteiger partial charge >= 0.3 is 28.3 Å². The fourth-order valence-corrected chi connectivity index (χ4v) is 3.53. The van der Waals surface area contributed by atoms with Crippen LogP contribution in [0.4, 0.5) is 25.8 Å². The first kappa shape index (κ1) is 25.9. The lowest BCUT2D eigenvalue weighted by Crippen LogP contribution is -2.43. The van der Waals surface area contributed by atoms with E-state index in [1.807, 2.05) is 0 Å². The fraction of sp³-hybridized carbons (Fsp3) is 0.200. The Morgan fingerprint density at radius 1 is 1.00 bits per heavy atom. The van der Waals surface area contributed by atoms with Gasteiger partial charge in [-0.05, 0) is 37.3 Å². The molecule has 0 fully saturated rings. The molecule has 2 aromatic carbocycles. The number of carbonyl (C=O) groups is 3. The van der Waals surface area contributed by atoms with E-state index in [-0.39, 0.29) is 28.6 Å². The number of guanidine groups is 1. The number of hydrogen-bond acceptors (Lipinski definition) is 9. The molecular formula is C20H23N5O8S. The second-order valence-corrected chi connectivity index (χ2v) is 7.82. The van der Waals surface area contributed by atoms with Gasteiger partial charge in [0.25, 0.3) is 0 Å². The number of nitrogens with one attached hydrogen (secondary N) is 2. The van der Waals surface area contributed by atoms with Crippen LogP contribution in [0.15, 0.2) is 58.4 Å². The number of ether oxygens (including phenoxy) is 2. The second kappa shape index (κ2) is 11.5. The topological polar surface area (TPSA) is 179 Å². The number of primary amides is 1. The number of alkyl carbamates (subject to hydrolysis) is 2. The zero-order valence-electron chi connectivity index (χ0n) is 18.5. The molecule has 0 aliphatic heterocycles. The van der Waals surface area contributed by atoms with E-state index in [4.69, 9.17) is 9.92 Å². The van der Waals surface area contributed by atoms with E-state index >= 15 is 0 Å². The molecule has 34 heavy (non-hydrogen) atoms. The number of anilines is 1. The zero-order valence-corrected chi connectivity index (χ0v) is 19.3. The van der Waals surface area contributed by atoms with E-state index in [0.717, 1.165) is 25.2 Å². The Morgan fingerprint density at radius 2 is 1.59 bits per heavy atom. The summed E-state index contributed by atoms with van der Waals surface area (Å²) in [7, 11) is -2.16. The van der Waals surface area contributed by atoms with Gasteiger partial charge in [0.05, 0.1) is 25.6 Å². The minimum atomic E-state index is -4.32. The zero-order chi connectivity index (χ0) is 25.3. The first-order valence-corrected chi connectivity index (χ1v) is 11.0. The van der Waals surface area contributed by atoms with E-state index in [2.05, 4.69) is 25.1 Å². The minimum Gasteiger partial charge on any atom is -0.453 e. The van der Waals surface area contributed by atoms with E-state index in [0.29, 0.717) is 0 Å². The number of carbonyl (C=O) groups excluding carboxylic acids is 3. The van der Waals surface area contributed by atoms with Gasteiger partial charge in [-0.3, -0.25) is 15.5 Å². The van der Waals surface area contributed by atoms with Crippen molar-refractivity contribution < 1.29 is 36.5 Å². The van der Waals surface area contributed by atoms with Gasteiger partial charge in [0.1, 0.15) is 10.6 Å². The van der Waals surface area contributed by atoms with Gasteiger partial charge in [0.2, 0.25) is 5.96 Å². The maximum atomic E-state index is 12.8. The lowest BCUT2D eigenvalue weighted by atomic mass is 10.2. The number of rotatable bonds is 6. The molecule has 0 heterocycles. The van der Waals surface area contributed by atoms with Gasteiger partial charge in [-0.15, -0.1) is 0 Å². The van der Waals surface area contributed by atoms with Crippen molar-refractivity contribution in [3.05, 3.63) is 48.5 Å². The number of amides is 4. The molecule has 0 spiro atoms. The predicted octanol–water partition coefficient (Wildman–Crippen LogP) is 2.06. The monoisotopic (exact) mass is 493 g/mol. The summed E-state index contributed by atoms with van der Waals surface area (Å²) in [4.78, 5) is 40.2. The van der Waals surface area contributed by atoms with Crippen molar-refractivity contribution in [1.29, 1.82) is 0 Å². The first-order chi connectivity index (χ1) is 16.1. The van der Waals surface area contributed by atoms with E-state index in [1.54, 1.807) is 25.1 Å². The molecule has 0 atom stereocenters. The molecule has 182 valence electrons. The van der Waals surface area contributed by atoms with Crippen LogP contribution in [0, 0.1) is 0 Å². The number of para-hydroxylation sites is 1. The van der Waals surface area contributed by atoms with E-state index in [1.165, 1.54) is 24.3 Å². The summed E-state index contributed by atoms with van der Waals surface area (Å²) in [5.41, 5.74) is 5.36. The van der Waals surface area contributed by atoms with Crippen molar-refractivity contribution in [2.24, 2.45) is 10.7 Å². The Bertz CT molecular complexity index is 1160. The van der Waals surface area contributed by atoms with Gasteiger partial charge in [-0.1, -0.05) is 18.2 Å². The van der Waals surface area contributed by atoms with Crippen molar-refractivity contribution in [3.8, 4) is 5.75 Å². The van der Waals surface area contributed by atoms with Gasteiger partial charge in [0, 0.05) is 6.54 Å². The molecule has 2 aromatic rings. The van der Waals surface area contributed by atoms with Crippen LogP contribution >= 0.6 is 0 Å². The minimum absolute atomic E-state index is 0.0735. The number of aliphatic imine (C=N–C) groups is 1. The first-order valence-electron chi connectivity index (χ1n) is 9.60. The molecule has 0 bridgehead atoms. The van der Waals surface area contributed by atoms with Crippen molar-refractivity contribution >= 4 is 45.7 Å². The lowest BCUT2D eigenvalue weighted by molar-refractivity contribution is 0.173. The number of nitrogens with two attached hydrogens (primary N) is 1. The SMILES string of the molecule is CCN(C(N)=O)c1ccc(S(=O)(=O)Oc2ccccc2)cc1N=C(NC(=O)OC)NC(=O)OC. The highest BCUT2D eigenvalue weighted by Gasteiger charge is 2.22. The summed E-state index contributed by atoms with van der Waals surface area (Å²) in [6.07, 6.45) is -1.98. The van der Waals surface area contributed by atoms with Crippen molar-refractivity contribution in [2.45, 2.75) is 11.8 Å². The molecule has 0 unspecified atom stereocenters. The normalized spacial score (nSPS) is 10.4. The third kappa shape index (κ3) is 6.83. The maximum absolute atomic E-state index is 12.8. The Labute approximate surface area is 195 Å². The van der Waals surface area contributed by atoms with Crippen LogP contribution in [0.5, 0.6) is 5.75 Å². The smallest absolute Gasteiger partial charge is 0.413 e. The summed E-state index contributed by atoms with van der Waals surface area (Å²) in [6, 6.07) is 10.5. The number of nitrogens with zero attached hydrogens (tertiary/aromatic N) is 2. The van der Waals surface area contributed by atoms with Gasteiger partial charge in [-0.25, -0.2) is 19.4 Å². The van der Waals surface area contributed by atoms with Crippen LogP contribution in [-0.2, 0) is 19.6 Å². The maximum Gasteiger partial charge on any atom is 0.413 e. The molecule has 0 aliphatic rings. The van der Waals surface area contributed by atoms with Crippen LogP contribution in [-0.4, -0.2) is 53.4 Å². The highest BCUT2D eigenvalue weighted by atomic mass is 32.2. The van der Waals surface area contributed by atoms with E-state index < -0.39 is 34.3 Å². The lowest BCUT2D eigenvalue weighted by Gasteiger charge is -2.21. The molecule has 13 nitrogen and oxygen atoms in total. The van der Waals surface area contributed by atoms with Crippen molar-refractivity contribution in [3.63, 3.8) is 0 Å². The van der Waals surface area contributed by atoms with Gasteiger partial charge in [-0.2, -0.15) is 8.42 Å². The number of methoxy groups -OCH3 is 2. The second-order valence-electron chi connectivity index (χ2n) is 6.28. The third-order valence-electron chi connectivity index (χ3n) is 4.10.